The van der Waals surface area contributed by atoms with E-state index in [4.69, 9.17) is 0 Å². The van der Waals surface area contributed by atoms with E-state index in [1.54, 1.807) is 36.4 Å². The third-order valence-electron chi connectivity index (χ3n) is 2.02. The van der Waals surface area contributed by atoms with Gasteiger partial charge in [-0.1, -0.05) is 36.4 Å². The lowest BCUT2D eigenvalue weighted by Gasteiger charge is -2.09. The van der Waals surface area contributed by atoms with E-state index in [0.717, 1.165) is 5.39 Å². The average Bonchev–Trinajstić information content (AvgIpc) is 2.15. The molecule has 2 rings (SSSR count). The zero-order chi connectivity index (χ0) is 10.2. The summed E-state index contributed by atoms with van der Waals surface area (Å²) in [6, 6.07) is 11.5. The molecule has 0 bridgehead atoms. The Morgan fingerprint density at radius 2 is 1.57 bits per heavy atom. The van der Waals surface area contributed by atoms with Crippen molar-refractivity contribution in [3.05, 3.63) is 42.5 Å². The standard InChI is InChI=1S/C10H8O3S/c11-14(12,13)10-7-3-5-8-4-1-2-6-9(8)10/h1-7H,(H,11,12,13)/p-1. The van der Waals surface area contributed by atoms with Gasteiger partial charge in [0.25, 0.3) is 0 Å². The maximum absolute atomic E-state index is 10.9. The second kappa shape index (κ2) is 3.08. The van der Waals surface area contributed by atoms with Gasteiger partial charge in [-0.3, -0.25) is 0 Å². The first-order valence-electron chi connectivity index (χ1n) is 4.03. The molecule has 0 aliphatic rings. The highest BCUT2D eigenvalue weighted by atomic mass is 32.2. The van der Waals surface area contributed by atoms with Crippen LogP contribution < -0.4 is 0 Å². The van der Waals surface area contributed by atoms with Crippen molar-refractivity contribution in [1.29, 1.82) is 0 Å². The fourth-order valence-electron chi connectivity index (χ4n) is 1.41. The maximum Gasteiger partial charge on any atom is 0.125 e. The zero-order valence-corrected chi connectivity index (χ0v) is 7.99. The van der Waals surface area contributed by atoms with Crippen LogP contribution in [0.4, 0.5) is 0 Å². The van der Waals surface area contributed by atoms with Crippen LogP contribution in [0.2, 0.25) is 0 Å². The highest BCUT2D eigenvalue weighted by molar-refractivity contribution is 7.86. The average molecular weight is 207 g/mol. The molecule has 0 radical (unpaired) electrons. The monoisotopic (exact) mass is 207 g/mol. The summed E-state index contributed by atoms with van der Waals surface area (Å²) in [5, 5.41) is 1.23. The first-order chi connectivity index (χ1) is 6.59. The van der Waals surface area contributed by atoms with E-state index in [-0.39, 0.29) is 4.90 Å². The van der Waals surface area contributed by atoms with Crippen LogP contribution in [-0.2, 0) is 10.1 Å². The predicted octanol–water partition coefficient (Wildman–Crippen LogP) is 1.74. The van der Waals surface area contributed by atoms with E-state index in [2.05, 4.69) is 0 Å². The molecule has 0 aromatic heterocycles. The van der Waals surface area contributed by atoms with Gasteiger partial charge in [0.05, 0.1) is 4.90 Å². The Morgan fingerprint density at radius 3 is 2.29 bits per heavy atom. The molecule has 0 aliphatic heterocycles. The molecule has 0 atom stereocenters. The Labute approximate surface area is 81.7 Å². The number of hydrogen-bond acceptors (Lipinski definition) is 3. The normalized spacial score (nSPS) is 11.8. The van der Waals surface area contributed by atoms with E-state index in [9.17, 15) is 13.0 Å². The van der Waals surface area contributed by atoms with Gasteiger partial charge in [-0.2, -0.15) is 0 Å². The molecule has 0 aliphatic carbocycles. The summed E-state index contributed by atoms with van der Waals surface area (Å²) in [6.07, 6.45) is 0. The van der Waals surface area contributed by atoms with Crippen LogP contribution in [0.15, 0.2) is 47.4 Å². The second-order valence-electron chi connectivity index (χ2n) is 2.93. The molecule has 0 spiro atoms. The largest absolute Gasteiger partial charge is 0.744 e. The second-order valence-corrected chi connectivity index (χ2v) is 4.28. The Hall–Kier alpha value is -1.39. The van der Waals surface area contributed by atoms with Gasteiger partial charge in [-0.25, -0.2) is 8.42 Å². The van der Waals surface area contributed by atoms with Crippen molar-refractivity contribution in [2.75, 3.05) is 0 Å². The highest BCUT2D eigenvalue weighted by Crippen LogP contribution is 2.21. The van der Waals surface area contributed by atoms with Gasteiger partial charge < -0.3 is 4.55 Å². The molecule has 2 aromatic carbocycles. The number of rotatable bonds is 1. The van der Waals surface area contributed by atoms with Gasteiger partial charge in [0.15, 0.2) is 0 Å². The van der Waals surface area contributed by atoms with Crippen molar-refractivity contribution in [3.63, 3.8) is 0 Å². The lowest BCUT2D eigenvalue weighted by atomic mass is 10.1. The van der Waals surface area contributed by atoms with Crippen LogP contribution in [0.25, 0.3) is 10.8 Å². The van der Waals surface area contributed by atoms with Crippen molar-refractivity contribution >= 4 is 20.9 Å². The quantitative estimate of drug-likeness (QED) is 0.669. The molecule has 0 amide bonds. The van der Waals surface area contributed by atoms with Crippen LogP contribution in [0.3, 0.4) is 0 Å². The summed E-state index contributed by atoms with van der Waals surface area (Å²) >= 11 is 0. The summed E-state index contributed by atoms with van der Waals surface area (Å²) in [6.45, 7) is 0. The predicted molar refractivity (Wildman–Crippen MR) is 51.9 cm³/mol. The topological polar surface area (TPSA) is 57.2 Å². The van der Waals surface area contributed by atoms with E-state index >= 15 is 0 Å². The fourth-order valence-corrected chi connectivity index (χ4v) is 2.11. The van der Waals surface area contributed by atoms with Gasteiger partial charge in [0, 0.05) is 0 Å². The maximum atomic E-state index is 10.9. The summed E-state index contributed by atoms with van der Waals surface area (Å²) in [4.78, 5) is -0.157. The fraction of sp³-hybridized carbons (Fsp3) is 0. The van der Waals surface area contributed by atoms with Gasteiger partial charge in [0.2, 0.25) is 0 Å². The first kappa shape index (κ1) is 9.18. The van der Waals surface area contributed by atoms with E-state index < -0.39 is 10.1 Å². The molecule has 14 heavy (non-hydrogen) atoms. The minimum absolute atomic E-state index is 0.157. The molecule has 0 heterocycles. The Bertz CT molecular complexity index is 567. The van der Waals surface area contributed by atoms with Gasteiger partial charge in [0.1, 0.15) is 10.1 Å². The Morgan fingerprint density at radius 1 is 0.929 bits per heavy atom. The third-order valence-corrected chi connectivity index (χ3v) is 2.91. The molecule has 0 N–H and O–H groups in total. The van der Waals surface area contributed by atoms with Gasteiger partial charge >= 0.3 is 0 Å². The van der Waals surface area contributed by atoms with Gasteiger partial charge in [-0.15, -0.1) is 0 Å². The van der Waals surface area contributed by atoms with Crippen molar-refractivity contribution < 1.29 is 13.0 Å². The minimum atomic E-state index is -4.38. The van der Waals surface area contributed by atoms with Crippen LogP contribution in [-0.4, -0.2) is 13.0 Å². The smallest absolute Gasteiger partial charge is 0.125 e. The minimum Gasteiger partial charge on any atom is -0.744 e. The zero-order valence-electron chi connectivity index (χ0n) is 7.17. The summed E-state index contributed by atoms with van der Waals surface area (Å²) in [7, 11) is -4.38. The van der Waals surface area contributed by atoms with Crippen LogP contribution in [0.5, 0.6) is 0 Å². The number of hydrogen-bond donors (Lipinski definition) is 0. The molecule has 0 fully saturated rings. The summed E-state index contributed by atoms with van der Waals surface area (Å²) < 4.78 is 32.7. The Kier molecular flexibility index (Phi) is 2.02. The molecular weight excluding hydrogens is 200 g/mol. The Balaban J connectivity index is 2.92. The molecule has 4 heteroatoms. The summed E-state index contributed by atoms with van der Waals surface area (Å²) in [5.74, 6) is 0. The van der Waals surface area contributed by atoms with Crippen molar-refractivity contribution in [2.45, 2.75) is 4.90 Å². The van der Waals surface area contributed by atoms with Crippen molar-refractivity contribution in [2.24, 2.45) is 0 Å². The highest BCUT2D eigenvalue weighted by Gasteiger charge is 2.05. The molecule has 3 nitrogen and oxygen atoms in total. The lowest BCUT2D eigenvalue weighted by Crippen LogP contribution is -1.98. The molecule has 2 aromatic rings. The number of benzene rings is 2. The van der Waals surface area contributed by atoms with Crippen molar-refractivity contribution in [1.82, 2.24) is 0 Å². The van der Waals surface area contributed by atoms with Gasteiger partial charge in [-0.05, 0) is 16.8 Å². The lowest BCUT2D eigenvalue weighted by molar-refractivity contribution is 0.464. The third kappa shape index (κ3) is 1.49. The summed E-state index contributed by atoms with van der Waals surface area (Å²) in [5.41, 5.74) is 0. The van der Waals surface area contributed by atoms with E-state index in [1.807, 2.05) is 0 Å². The molecule has 72 valence electrons. The number of fused-ring (bicyclic) bond motifs is 1. The van der Waals surface area contributed by atoms with Crippen LogP contribution in [0, 0.1) is 0 Å². The molecule has 0 saturated heterocycles. The van der Waals surface area contributed by atoms with Crippen LogP contribution in [0.1, 0.15) is 0 Å². The molecule has 0 saturated carbocycles. The molecular formula is C10H7O3S-. The van der Waals surface area contributed by atoms with E-state index in [0.29, 0.717) is 5.39 Å². The van der Waals surface area contributed by atoms with E-state index in [1.165, 1.54) is 6.07 Å². The van der Waals surface area contributed by atoms with Crippen molar-refractivity contribution in [3.8, 4) is 0 Å². The SMILES string of the molecule is O=S(=O)([O-])c1cccc2ccccc12. The first-order valence-corrected chi connectivity index (χ1v) is 5.43. The van der Waals surface area contributed by atoms with Crippen LogP contribution >= 0.6 is 0 Å². The molecule has 0 unspecified atom stereocenters.